The van der Waals surface area contributed by atoms with Gasteiger partial charge in [0, 0.05) is 10.5 Å². The molecule has 1 saturated carbocycles. The van der Waals surface area contributed by atoms with Gasteiger partial charge in [-0.25, -0.2) is 8.42 Å². The summed E-state index contributed by atoms with van der Waals surface area (Å²) in [7, 11) is -3.77. The fraction of sp³-hybridized carbons (Fsp3) is 0.312. The molecular formula is C16H17BrN2O4S. The molecule has 128 valence electrons. The number of halogens is 1. The molecule has 1 aromatic heterocycles. The summed E-state index contributed by atoms with van der Waals surface area (Å²) in [5.41, 5.74) is 0. The summed E-state index contributed by atoms with van der Waals surface area (Å²) < 4.78 is 33.8. The smallest absolute Gasteiger partial charge is 0.241 e. The third kappa shape index (κ3) is 4.46. The van der Waals surface area contributed by atoms with Crippen LogP contribution in [0.4, 0.5) is 0 Å². The van der Waals surface area contributed by atoms with Gasteiger partial charge in [-0.2, -0.15) is 4.72 Å². The fourth-order valence-corrected chi connectivity index (χ4v) is 3.73. The van der Waals surface area contributed by atoms with Crippen LogP contribution in [0.5, 0.6) is 0 Å². The maximum Gasteiger partial charge on any atom is 0.241 e. The predicted molar refractivity (Wildman–Crippen MR) is 91.7 cm³/mol. The molecule has 0 spiro atoms. The van der Waals surface area contributed by atoms with Gasteiger partial charge in [0.1, 0.15) is 5.76 Å². The minimum atomic E-state index is -3.77. The number of sulfonamides is 1. The molecule has 0 bridgehead atoms. The minimum Gasteiger partial charge on any atom is -0.468 e. The molecule has 1 aliphatic carbocycles. The first kappa shape index (κ1) is 17.2. The highest BCUT2D eigenvalue weighted by molar-refractivity contribution is 9.10. The predicted octanol–water partition coefficient (Wildman–Crippen LogP) is 2.73. The summed E-state index contributed by atoms with van der Waals surface area (Å²) >= 11 is 3.27. The van der Waals surface area contributed by atoms with Crippen LogP contribution in [-0.4, -0.2) is 20.4 Å². The lowest BCUT2D eigenvalue weighted by Gasteiger charge is -2.16. The molecule has 0 radical (unpaired) electrons. The summed E-state index contributed by atoms with van der Waals surface area (Å²) in [5, 5.41) is 2.86. The lowest BCUT2D eigenvalue weighted by atomic mass is 10.1. The molecule has 1 heterocycles. The third-order valence-electron chi connectivity index (χ3n) is 3.64. The Hall–Kier alpha value is -1.64. The largest absolute Gasteiger partial charge is 0.468 e. The van der Waals surface area contributed by atoms with Gasteiger partial charge in [-0.1, -0.05) is 15.9 Å². The van der Waals surface area contributed by atoms with Gasteiger partial charge < -0.3 is 9.73 Å². The number of hydrogen-bond donors (Lipinski definition) is 2. The molecule has 3 rings (SSSR count). The molecule has 1 aromatic carbocycles. The summed E-state index contributed by atoms with van der Waals surface area (Å²) in [4.78, 5) is 12.2. The van der Waals surface area contributed by atoms with Gasteiger partial charge in [0.25, 0.3) is 0 Å². The van der Waals surface area contributed by atoms with Crippen molar-refractivity contribution < 1.29 is 17.6 Å². The normalized spacial score (nSPS) is 15.9. The molecule has 0 saturated heterocycles. The number of rotatable bonds is 7. The van der Waals surface area contributed by atoms with Crippen molar-refractivity contribution in [1.29, 1.82) is 0 Å². The van der Waals surface area contributed by atoms with Crippen molar-refractivity contribution in [2.75, 3.05) is 0 Å². The first-order valence-electron chi connectivity index (χ1n) is 7.55. The van der Waals surface area contributed by atoms with Crippen molar-refractivity contribution in [3.8, 4) is 0 Å². The van der Waals surface area contributed by atoms with Crippen LogP contribution in [0.3, 0.4) is 0 Å². The molecule has 1 aliphatic rings. The number of benzene rings is 1. The van der Waals surface area contributed by atoms with E-state index in [2.05, 4.69) is 26.0 Å². The number of hydrogen-bond acceptors (Lipinski definition) is 4. The van der Waals surface area contributed by atoms with E-state index in [1.165, 1.54) is 18.4 Å². The molecule has 6 nitrogen and oxygen atoms in total. The lowest BCUT2D eigenvalue weighted by Crippen LogP contribution is -2.34. The standard InChI is InChI=1S/C16H17BrN2O4S/c17-11-3-7-13(8-4-11)24(21,22)19-14(15-2-1-9-23-15)10-16(20)18-12-5-6-12/h1-4,7-9,12,14,19H,5-6,10H2,(H,18,20)/t14-/m1/s1. The van der Waals surface area contributed by atoms with Crippen LogP contribution in [-0.2, 0) is 14.8 Å². The monoisotopic (exact) mass is 412 g/mol. The maximum absolute atomic E-state index is 12.6. The average molecular weight is 413 g/mol. The molecule has 0 unspecified atom stereocenters. The lowest BCUT2D eigenvalue weighted by molar-refractivity contribution is -0.121. The number of nitrogens with one attached hydrogen (secondary N) is 2. The highest BCUT2D eigenvalue weighted by Crippen LogP contribution is 2.24. The molecule has 2 N–H and O–H groups in total. The summed E-state index contributed by atoms with van der Waals surface area (Å²) in [6.07, 6.45) is 3.39. The van der Waals surface area contributed by atoms with E-state index in [0.717, 1.165) is 17.3 Å². The van der Waals surface area contributed by atoms with Crippen LogP contribution in [0, 0.1) is 0 Å². The van der Waals surface area contributed by atoms with Crippen LogP contribution in [0.15, 0.2) is 56.4 Å². The van der Waals surface area contributed by atoms with Gasteiger partial charge in [-0.15, -0.1) is 0 Å². The fourth-order valence-electron chi connectivity index (χ4n) is 2.26. The Morgan fingerprint density at radius 3 is 2.54 bits per heavy atom. The van der Waals surface area contributed by atoms with Crippen LogP contribution in [0.1, 0.15) is 31.1 Å². The average Bonchev–Trinajstić information content (AvgIpc) is 3.16. The van der Waals surface area contributed by atoms with Crippen LogP contribution in [0.25, 0.3) is 0 Å². The Labute approximate surface area is 148 Å². The third-order valence-corrected chi connectivity index (χ3v) is 5.66. The van der Waals surface area contributed by atoms with E-state index in [0.29, 0.717) is 5.76 Å². The summed E-state index contributed by atoms with van der Waals surface area (Å²) in [6.45, 7) is 0. The van der Waals surface area contributed by atoms with E-state index < -0.39 is 16.1 Å². The Kier molecular flexibility index (Phi) is 5.07. The minimum absolute atomic E-state index is 0.0141. The van der Waals surface area contributed by atoms with Crippen LogP contribution in [0.2, 0.25) is 0 Å². The van der Waals surface area contributed by atoms with Gasteiger partial charge in [0.05, 0.1) is 23.6 Å². The van der Waals surface area contributed by atoms with E-state index in [9.17, 15) is 13.2 Å². The molecule has 1 amide bonds. The molecule has 2 aromatic rings. The van der Waals surface area contributed by atoms with E-state index in [1.54, 1.807) is 24.3 Å². The topological polar surface area (TPSA) is 88.4 Å². The SMILES string of the molecule is O=C(C[C@@H](NS(=O)(=O)c1ccc(Br)cc1)c1ccco1)NC1CC1. The molecular weight excluding hydrogens is 396 g/mol. The summed E-state index contributed by atoms with van der Waals surface area (Å²) in [5.74, 6) is 0.207. The van der Waals surface area contributed by atoms with Gasteiger partial charge in [-0.3, -0.25) is 4.79 Å². The van der Waals surface area contributed by atoms with Crippen LogP contribution < -0.4 is 10.0 Å². The van der Waals surface area contributed by atoms with Crippen molar-refractivity contribution in [2.45, 2.75) is 36.2 Å². The van der Waals surface area contributed by atoms with Crippen LogP contribution >= 0.6 is 15.9 Å². The first-order valence-corrected chi connectivity index (χ1v) is 9.82. The van der Waals surface area contributed by atoms with E-state index in [-0.39, 0.29) is 23.3 Å². The zero-order chi connectivity index (χ0) is 17.2. The first-order chi connectivity index (χ1) is 11.4. The Morgan fingerprint density at radius 1 is 1.25 bits per heavy atom. The second-order valence-corrected chi connectivity index (χ2v) is 8.32. The van der Waals surface area contributed by atoms with Crippen molar-refractivity contribution in [3.63, 3.8) is 0 Å². The zero-order valence-electron chi connectivity index (χ0n) is 12.7. The van der Waals surface area contributed by atoms with Gasteiger partial charge in [0.2, 0.25) is 15.9 Å². The number of carbonyl (C=O) groups is 1. The van der Waals surface area contributed by atoms with E-state index >= 15 is 0 Å². The summed E-state index contributed by atoms with van der Waals surface area (Å²) in [6, 6.07) is 9.07. The Morgan fingerprint density at radius 2 is 1.96 bits per heavy atom. The molecule has 24 heavy (non-hydrogen) atoms. The van der Waals surface area contributed by atoms with Crippen molar-refractivity contribution in [2.24, 2.45) is 0 Å². The number of furan rings is 1. The van der Waals surface area contributed by atoms with Gasteiger partial charge in [-0.05, 0) is 49.2 Å². The van der Waals surface area contributed by atoms with E-state index in [1.807, 2.05) is 0 Å². The highest BCUT2D eigenvalue weighted by atomic mass is 79.9. The highest BCUT2D eigenvalue weighted by Gasteiger charge is 2.28. The van der Waals surface area contributed by atoms with Crippen molar-refractivity contribution in [3.05, 3.63) is 52.9 Å². The zero-order valence-corrected chi connectivity index (χ0v) is 15.1. The van der Waals surface area contributed by atoms with Crippen molar-refractivity contribution >= 4 is 31.9 Å². The maximum atomic E-state index is 12.6. The second-order valence-electron chi connectivity index (χ2n) is 5.69. The number of carbonyl (C=O) groups excluding carboxylic acids is 1. The van der Waals surface area contributed by atoms with Gasteiger partial charge >= 0.3 is 0 Å². The Bertz CT molecular complexity index is 799. The molecule has 1 atom stereocenters. The number of amides is 1. The second kappa shape index (κ2) is 7.08. The van der Waals surface area contributed by atoms with Gasteiger partial charge in [0.15, 0.2) is 0 Å². The molecule has 1 fully saturated rings. The Balaban J connectivity index is 1.77. The molecule has 0 aliphatic heterocycles. The molecule has 8 heteroatoms. The van der Waals surface area contributed by atoms with Crippen molar-refractivity contribution in [1.82, 2.24) is 10.0 Å². The van der Waals surface area contributed by atoms with E-state index in [4.69, 9.17) is 4.42 Å². The quantitative estimate of drug-likeness (QED) is 0.731.